The fraction of sp³-hybridized carbons (Fsp3) is 0.900. The molecule has 17 heavy (non-hydrogen) atoms. The SMILES string of the molecule is CC(O)C(C)(C)NC(=O)CCOCC(F)(F)F. The number of alkyl halides is 3. The molecule has 0 heterocycles. The van der Waals surface area contributed by atoms with E-state index in [0.29, 0.717) is 0 Å². The molecular weight excluding hydrogens is 239 g/mol. The molecule has 1 amide bonds. The Labute approximate surface area is 98.1 Å². The summed E-state index contributed by atoms with van der Waals surface area (Å²) in [6.45, 7) is 3.08. The summed E-state index contributed by atoms with van der Waals surface area (Å²) in [4.78, 5) is 11.3. The lowest BCUT2D eigenvalue weighted by atomic mass is 9.99. The Morgan fingerprint density at radius 2 is 1.94 bits per heavy atom. The van der Waals surface area contributed by atoms with Crippen LogP contribution in [0, 0.1) is 0 Å². The largest absolute Gasteiger partial charge is 0.411 e. The van der Waals surface area contributed by atoms with Crippen LogP contribution >= 0.6 is 0 Å². The third-order valence-corrected chi connectivity index (χ3v) is 2.25. The molecule has 0 fully saturated rings. The second-order valence-corrected chi connectivity index (χ2v) is 4.36. The zero-order valence-corrected chi connectivity index (χ0v) is 10.1. The van der Waals surface area contributed by atoms with Gasteiger partial charge in [-0.15, -0.1) is 0 Å². The minimum absolute atomic E-state index is 0.174. The predicted molar refractivity (Wildman–Crippen MR) is 55.4 cm³/mol. The number of aliphatic hydroxyl groups is 1. The first-order valence-corrected chi connectivity index (χ1v) is 5.18. The molecular formula is C10H18F3NO3. The summed E-state index contributed by atoms with van der Waals surface area (Å²) < 4.78 is 39.4. The number of carbonyl (C=O) groups is 1. The first-order chi connectivity index (χ1) is 7.54. The number of rotatable bonds is 6. The standard InChI is InChI=1S/C10H18F3NO3/c1-7(15)9(2,3)14-8(16)4-5-17-6-10(11,12)13/h7,15H,4-6H2,1-3H3,(H,14,16). The first-order valence-electron chi connectivity index (χ1n) is 5.18. The molecule has 1 atom stereocenters. The van der Waals surface area contributed by atoms with Crippen molar-refractivity contribution in [3.8, 4) is 0 Å². The van der Waals surface area contributed by atoms with Crippen LogP contribution in [0.2, 0.25) is 0 Å². The molecule has 7 heteroatoms. The maximum atomic E-state index is 11.7. The van der Waals surface area contributed by atoms with Crippen molar-refractivity contribution < 1.29 is 27.8 Å². The van der Waals surface area contributed by atoms with Gasteiger partial charge in [0.15, 0.2) is 0 Å². The van der Waals surface area contributed by atoms with Crippen LogP contribution in [0.4, 0.5) is 13.2 Å². The van der Waals surface area contributed by atoms with E-state index in [2.05, 4.69) is 10.1 Å². The Morgan fingerprint density at radius 1 is 1.41 bits per heavy atom. The van der Waals surface area contributed by atoms with Gasteiger partial charge >= 0.3 is 6.18 Å². The van der Waals surface area contributed by atoms with Gasteiger partial charge in [0, 0.05) is 6.42 Å². The van der Waals surface area contributed by atoms with Crippen LogP contribution in [0.5, 0.6) is 0 Å². The molecule has 0 spiro atoms. The van der Waals surface area contributed by atoms with Gasteiger partial charge < -0.3 is 15.2 Å². The Morgan fingerprint density at radius 3 is 2.35 bits per heavy atom. The van der Waals surface area contributed by atoms with E-state index in [1.807, 2.05) is 0 Å². The highest BCUT2D eigenvalue weighted by molar-refractivity contribution is 5.76. The normalized spacial score (nSPS) is 14.5. The molecule has 0 aliphatic heterocycles. The van der Waals surface area contributed by atoms with E-state index in [1.54, 1.807) is 13.8 Å². The van der Waals surface area contributed by atoms with Crippen LogP contribution < -0.4 is 5.32 Å². The zero-order chi connectivity index (χ0) is 13.7. The van der Waals surface area contributed by atoms with Gasteiger partial charge in [0.1, 0.15) is 6.61 Å². The van der Waals surface area contributed by atoms with E-state index in [0.717, 1.165) is 0 Å². The molecule has 0 bridgehead atoms. The smallest absolute Gasteiger partial charge is 0.391 e. The summed E-state index contributed by atoms with van der Waals surface area (Å²) >= 11 is 0. The summed E-state index contributed by atoms with van der Waals surface area (Å²) in [5.41, 5.74) is -0.818. The highest BCUT2D eigenvalue weighted by Gasteiger charge is 2.28. The number of amides is 1. The molecule has 0 aliphatic rings. The van der Waals surface area contributed by atoms with Gasteiger partial charge in [0.25, 0.3) is 0 Å². The lowest BCUT2D eigenvalue weighted by Crippen LogP contribution is -2.51. The maximum absolute atomic E-state index is 11.7. The molecule has 102 valence electrons. The minimum atomic E-state index is -4.38. The highest BCUT2D eigenvalue weighted by Crippen LogP contribution is 2.14. The van der Waals surface area contributed by atoms with E-state index in [9.17, 15) is 23.1 Å². The second kappa shape index (κ2) is 6.20. The van der Waals surface area contributed by atoms with Crippen LogP contribution in [-0.4, -0.2) is 42.0 Å². The average molecular weight is 257 g/mol. The summed E-state index contributed by atoms with van der Waals surface area (Å²) in [6.07, 6.45) is -5.32. The number of aliphatic hydroxyl groups excluding tert-OH is 1. The summed E-state index contributed by atoms with van der Waals surface area (Å²) in [7, 11) is 0. The number of carbonyl (C=O) groups excluding carboxylic acids is 1. The number of ether oxygens (including phenoxy) is 1. The molecule has 0 aliphatic carbocycles. The number of halogens is 3. The molecule has 1 unspecified atom stereocenters. The van der Waals surface area contributed by atoms with Crippen LogP contribution in [0.3, 0.4) is 0 Å². The van der Waals surface area contributed by atoms with Gasteiger partial charge in [-0.3, -0.25) is 4.79 Å². The highest BCUT2D eigenvalue weighted by atomic mass is 19.4. The van der Waals surface area contributed by atoms with Crippen molar-refractivity contribution in [3.63, 3.8) is 0 Å². The molecule has 0 aromatic carbocycles. The maximum Gasteiger partial charge on any atom is 0.411 e. The van der Waals surface area contributed by atoms with Crippen LogP contribution in [0.15, 0.2) is 0 Å². The number of hydrogen-bond donors (Lipinski definition) is 2. The van der Waals surface area contributed by atoms with Crippen LogP contribution in [0.1, 0.15) is 27.2 Å². The first kappa shape index (κ1) is 16.2. The van der Waals surface area contributed by atoms with Crippen LogP contribution in [0.25, 0.3) is 0 Å². The molecule has 0 radical (unpaired) electrons. The zero-order valence-electron chi connectivity index (χ0n) is 10.1. The van der Waals surface area contributed by atoms with E-state index < -0.39 is 30.3 Å². The molecule has 0 rings (SSSR count). The third kappa shape index (κ3) is 7.98. The fourth-order valence-electron chi connectivity index (χ4n) is 0.879. The Kier molecular flexibility index (Phi) is 5.91. The van der Waals surface area contributed by atoms with Gasteiger partial charge in [-0.2, -0.15) is 13.2 Å². The van der Waals surface area contributed by atoms with Crippen molar-refractivity contribution in [3.05, 3.63) is 0 Å². The predicted octanol–water partition coefficient (Wildman–Crippen LogP) is 1.23. The summed E-state index contributed by atoms with van der Waals surface area (Å²) in [6, 6.07) is 0. The van der Waals surface area contributed by atoms with E-state index in [-0.39, 0.29) is 13.0 Å². The van der Waals surface area contributed by atoms with Gasteiger partial charge in [-0.25, -0.2) is 0 Å². The minimum Gasteiger partial charge on any atom is -0.391 e. The second-order valence-electron chi connectivity index (χ2n) is 4.36. The van der Waals surface area contributed by atoms with Crippen molar-refractivity contribution in [2.75, 3.05) is 13.2 Å². The van der Waals surface area contributed by atoms with Gasteiger partial charge in [0.05, 0.1) is 18.2 Å². The average Bonchev–Trinajstić information content (AvgIpc) is 2.10. The van der Waals surface area contributed by atoms with Crippen LogP contribution in [-0.2, 0) is 9.53 Å². The lowest BCUT2D eigenvalue weighted by molar-refractivity contribution is -0.174. The summed E-state index contributed by atoms with van der Waals surface area (Å²) in [5, 5.41) is 11.8. The van der Waals surface area contributed by atoms with Crippen molar-refractivity contribution in [2.24, 2.45) is 0 Å². The summed E-state index contributed by atoms with van der Waals surface area (Å²) in [5.74, 6) is -0.460. The van der Waals surface area contributed by atoms with E-state index >= 15 is 0 Å². The van der Waals surface area contributed by atoms with Crippen molar-refractivity contribution in [2.45, 2.75) is 45.0 Å². The van der Waals surface area contributed by atoms with Gasteiger partial charge in [0.2, 0.25) is 5.91 Å². The number of nitrogens with one attached hydrogen (secondary N) is 1. The number of hydrogen-bond acceptors (Lipinski definition) is 3. The quantitative estimate of drug-likeness (QED) is 0.704. The molecule has 0 saturated carbocycles. The van der Waals surface area contributed by atoms with Gasteiger partial charge in [-0.1, -0.05) is 0 Å². The topological polar surface area (TPSA) is 58.6 Å². The molecule has 0 aromatic heterocycles. The Bertz CT molecular complexity index is 252. The van der Waals surface area contributed by atoms with Crippen molar-refractivity contribution in [1.29, 1.82) is 0 Å². The molecule has 0 aromatic rings. The molecule has 0 saturated heterocycles. The Hall–Kier alpha value is -0.820. The third-order valence-electron chi connectivity index (χ3n) is 2.25. The monoisotopic (exact) mass is 257 g/mol. The van der Waals surface area contributed by atoms with Gasteiger partial charge in [-0.05, 0) is 20.8 Å². The van der Waals surface area contributed by atoms with Crippen molar-refractivity contribution in [1.82, 2.24) is 5.32 Å². The fourth-order valence-corrected chi connectivity index (χ4v) is 0.879. The van der Waals surface area contributed by atoms with E-state index in [4.69, 9.17) is 0 Å². The molecule has 4 nitrogen and oxygen atoms in total. The lowest BCUT2D eigenvalue weighted by Gasteiger charge is -2.29. The van der Waals surface area contributed by atoms with Crippen molar-refractivity contribution >= 4 is 5.91 Å². The van der Waals surface area contributed by atoms with E-state index in [1.165, 1.54) is 6.92 Å². The Balaban J connectivity index is 3.82. The molecule has 2 N–H and O–H groups in total.